The number of phenols is 1. The third-order valence-electron chi connectivity index (χ3n) is 1.85. The highest BCUT2D eigenvalue weighted by atomic mass is 79.9. The number of phenolic OH excluding ortho intramolecular Hbond substituents is 1. The van der Waals surface area contributed by atoms with Gasteiger partial charge in [-0.3, -0.25) is 0 Å². The van der Waals surface area contributed by atoms with E-state index in [1.807, 2.05) is 12.1 Å². The first-order valence-electron chi connectivity index (χ1n) is 4.53. The van der Waals surface area contributed by atoms with E-state index in [0.29, 0.717) is 4.47 Å². The second kappa shape index (κ2) is 6.01. The SMILES string of the molecule is OCCCNCc1ccc(O)c(Br)c1. The van der Waals surface area contributed by atoms with Crippen LogP contribution in [-0.4, -0.2) is 23.4 Å². The van der Waals surface area contributed by atoms with Crippen molar-refractivity contribution in [2.45, 2.75) is 13.0 Å². The number of nitrogens with one attached hydrogen (secondary N) is 1. The Kier molecular flexibility index (Phi) is 4.93. The first kappa shape index (κ1) is 11.5. The van der Waals surface area contributed by atoms with Crippen molar-refractivity contribution in [2.75, 3.05) is 13.2 Å². The van der Waals surface area contributed by atoms with Crippen LogP contribution in [0.25, 0.3) is 0 Å². The van der Waals surface area contributed by atoms with Crippen molar-refractivity contribution >= 4 is 15.9 Å². The van der Waals surface area contributed by atoms with Gasteiger partial charge in [-0.05, 0) is 46.6 Å². The molecule has 0 saturated heterocycles. The van der Waals surface area contributed by atoms with Crippen LogP contribution in [0.4, 0.5) is 0 Å². The zero-order valence-electron chi connectivity index (χ0n) is 7.83. The first-order valence-corrected chi connectivity index (χ1v) is 5.32. The maximum Gasteiger partial charge on any atom is 0.129 e. The predicted molar refractivity (Wildman–Crippen MR) is 59.2 cm³/mol. The van der Waals surface area contributed by atoms with E-state index in [0.717, 1.165) is 25.1 Å². The largest absolute Gasteiger partial charge is 0.507 e. The molecule has 0 saturated carbocycles. The molecular formula is C10H14BrNO2. The quantitative estimate of drug-likeness (QED) is 0.705. The summed E-state index contributed by atoms with van der Waals surface area (Å²) in [6.07, 6.45) is 0.763. The highest BCUT2D eigenvalue weighted by Gasteiger charge is 1.98. The van der Waals surface area contributed by atoms with Crippen LogP contribution in [0.15, 0.2) is 22.7 Å². The molecule has 0 aliphatic heterocycles. The molecule has 1 aromatic carbocycles. The number of rotatable bonds is 5. The average molecular weight is 260 g/mol. The Morgan fingerprint density at radius 2 is 2.14 bits per heavy atom. The fourth-order valence-electron chi connectivity index (χ4n) is 1.10. The van der Waals surface area contributed by atoms with E-state index in [4.69, 9.17) is 5.11 Å². The number of benzene rings is 1. The highest BCUT2D eigenvalue weighted by Crippen LogP contribution is 2.23. The van der Waals surface area contributed by atoms with Crippen molar-refractivity contribution in [3.05, 3.63) is 28.2 Å². The van der Waals surface area contributed by atoms with Crippen molar-refractivity contribution in [2.24, 2.45) is 0 Å². The molecule has 0 amide bonds. The van der Waals surface area contributed by atoms with Gasteiger partial charge in [0.15, 0.2) is 0 Å². The molecule has 14 heavy (non-hydrogen) atoms. The fraction of sp³-hybridized carbons (Fsp3) is 0.400. The number of aliphatic hydroxyl groups is 1. The van der Waals surface area contributed by atoms with Gasteiger partial charge in [-0.2, -0.15) is 0 Å². The lowest BCUT2D eigenvalue weighted by Gasteiger charge is -2.05. The second-order valence-electron chi connectivity index (χ2n) is 3.04. The van der Waals surface area contributed by atoms with E-state index in [9.17, 15) is 5.11 Å². The maximum absolute atomic E-state index is 9.25. The van der Waals surface area contributed by atoms with Gasteiger partial charge < -0.3 is 15.5 Å². The lowest BCUT2D eigenvalue weighted by Crippen LogP contribution is -2.15. The van der Waals surface area contributed by atoms with Crippen LogP contribution in [0.3, 0.4) is 0 Å². The average Bonchev–Trinajstić information content (AvgIpc) is 2.18. The molecule has 0 aliphatic rings. The van der Waals surface area contributed by atoms with Crippen LogP contribution in [0.2, 0.25) is 0 Å². The second-order valence-corrected chi connectivity index (χ2v) is 3.89. The molecule has 0 fully saturated rings. The van der Waals surface area contributed by atoms with Crippen molar-refractivity contribution in [1.82, 2.24) is 5.32 Å². The normalized spacial score (nSPS) is 10.4. The Balaban J connectivity index is 2.39. The Bertz CT molecular complexity index is 291. The summed E-state index contributed by atoms with van der Waals surface area (Å²) in [5.74, 6) is 0.254. The van der Waals surface area contributed by atoms with E-state index in [2.05, 4.69) is 21.2 Å². The molecule has 0 aromatic heterocycles. The smallest absolute Gasteiger partial charge is 0.129 e. The van der Waals surface area contributed by atoms with Crippen molar-refractivity contribution in [1.29, 1.82) is 0 Å². The Hall–Kier alpha value is -0.580. The monoisotopic (exact) mass is 259 g/mol. The molecule has 3 N–H and O–H groups in total. The number of hydrogen-bond donors (Lipinski definition) is 3. The fourth-order valence-corrected chi connectivity index (χ4v) is 1.52. The summed E-state index contributed by atoms with van der Waals surface area (Å²) in [5.41, 5.74) is 1.10. The van der Waals surface area contributed by atoms with Gasteiger partial charge in [-0.15, -0.1) is 0 Å². The molecule has 0 aliphatic carbocycles. The minimum atomic E-state index is 0.215. The number of hydrogen-bond acceptors (Lipinski definition) is 3. The molecule has 1 rings (SSSR count). The van der Waals surface area contributed by atoms with Crippen molar-refractivity contribution < 1.29 is 10.2 Å². The predicted octanol–water partition coefficient (Wildman–Crippen LogP) is 1.63. The number of aromatic hydroxyl groups is 1. The summed E-state index contributed by atoms with van der Waals surface area (Å²) < 4.78 is 0.707. The van der Waals surface area contributed by atoms with Gasteiger partial charge in [0.1, 0.15) is 5.75 Å². The zero-order valence-corrected chi connectivity index (χ0v) is 9.42. The Labute approximate surface area is 91.9 Å². The van der Waals surface area contributed by atoms with Crippen LogP contribution in [0, 0.1) is 0 Å². The van der Waals surface area contributed by atoms with E-state index in [-0.39, 0.29) is 12.4 Å². The Morgan fingerprint density at radius 3 is 2.79 bits per heavy atom. The van der Waals surface area contributed by atoms with Crippen LogP contribution in [0.1, 0.15) is 12.0 Å². The summed E-state index contributed by atoms with van der Waals surface area (Å²) in [5, 5.41) is 21.0. The van der Waals surface area contributed by atoms with Crippen LogP contribution < -0.4 is 5.32 Å². The number of aliphatic hydroxyl groups excluding tert-OH is 1. The number of halogens is 1. The summed E-state index contributed by atoms with van der Waals surface area (Å²) in [7, 11) is 0. The molecule has 4 heteroatoms. The van der Waals surface area contributed by atoms with Crippen LogP contribution in [0.5, 0.6) is 5.75 Å². The van der Waals surface area contributed by atoms with Crippen LogP contribution in [-0.2, 0) is 6.54 Å². The molecule has 0 atom stereocenters. The van der Waals surface area contributed by atoms with E-state index < -0.39 is 0 Å². The van der Waals surface area contributed by atoms with Gasteiger partial charge in [0.2, 0.25) is 0 Å². The third-order valence-corrected chi connectivity index (χ3v) is 2.49. The Morgan fingerprint density at radius 1 is 1.36 bits per heavy atom. The van der Waals surface area contributed by atoms with Crippen molar-refractivity contribution in [3.63, 3.8) is 0 Å². The zero-order chi connectivity index (χ0) is 10.4. The van der Waals surface area contributed by atoms with Gasteiger partial charge in [-0.1, -0.05) is 6.07 Å². The van der Waals surface area contributed by atoms with Gasteiger partial charge in [-0.25, -0.2) is 0 Å². The van der Waals surface area contributed by atoms with Crippen molar-refractivity contribution in [3.8, 4) is 5.75 Å². The summed E-state index contributed by atoms with van der Waals surface area (Å²) in [6, 6.07) is 5.40. The lowest BCUT2D eigenvalue weighted by molar-refractivity contribution is 0.286. The van der Waals surface area contributed by atoms with Crippen LogP contribution >= 0.6 is 15.9 Å². The highest BCUT2D eigenvalue weighted by molar-refractivity contribution is 9.10. The molecule has 0 bridgehead atoms. The third kappa shape index (κ3) is 3.65. The molecule has 0 radical (unpaired) electrons. The van der Waals surface area contributed by atoms with E-state index in [1.54, 1.807) is 6.07 Å². The van der Waals surface area contributed by atoms with Gasteiger partial charge in [0.05, 0.1) is 4.47 Å². The molecule has 3 nitrogen and oxygen atoms in total. The van der Waals surface area contributed by atoms with Gasteiger partial charge in [0.25, 0.3) is 0 Å². The first-order chi connectivity index (χ1) is 6.74. The molecule has 0 unspecified atom stereocenters. The molecule has 0 spiro atoms. The van der Waals surface area contributed by atoms with Gasteiger partial charge in [0, 0.05) is 13.2 Å². The minimum Gasteiger partial charge on any atom is -0.507 e. The summed E-state index contributed by atoms with van der Waals surface area (Å²) in [4.78, 5) is 0. The molecule has 78 valence electrons. The molecule has 0 heterocycles. The summed E-state index contributed by atoms with van der Waals surface area (Å²) in [6.45, 7) is 1.76. The lowest BCUT2D eigenvalue weighted by atomic mass is 10.2. The van der Waals surface area contributed by atoms with Gasteiger partial charge >= 0.3 is 0 Å². The standard InChI is InChI=1S/C10H14BrNO2/c11-9-6-8(2-3-10(9)14)7-12-4-1-5-13/h2-3,6,12-14H,1,4-5,7H2. The topological polar surface area (TPSA) is 52.5 Å². The molecule has 1 aromatic rings. The minimum absolute atomic E-state index is 0.215. The molecular weight excluding hydrogens is 246 g/mol. The maximum atomic E-state index is 9.25. The van der Waals surface area contributed by atoms with E-state index in [1.165, 1.54) is 0 Å². The summed E-state index contributed by atoms with van der Waals surface area (Å²) >= 11 is 3.25. The van der Waals surface area contributed by atoms with E-state index >= 15 is 0 Å².